The van der Waals surface area contributed by atoms with Crippen molar-refractivity contribution < 1.29 is 8.81 Å². The van der Waals surface area contributed by atoms with Gasteiger partial charge in [-0.2, -0.15) is 0 Å². The number of aryl methyl sites for hydroxylation is 1. The molecule has 0 aliphatic carbocycles. The first-order valence-electron chi connectivity index (χ1n) is 6.49. The lowest BCUT2D eigenvalue weighted by molar-refractivity contribution is 0.240. The van der Waals surface area contributed by atoms with Crippen molar-refractivity contribution in [3.63, 3.8) is 0 Å². The second-order valence-corrected chi connectivity index (χ2v) is 4.38. The zero-order chi connectivity index (χ0) is 13.7. The van der Waals surface area contributed by atoms with Crippen LogP contribution in [0.15, 0.2) is 28.7 Å². The van der Waals surface area contributed by atoms with Crippen LogP contribution in [0.2, 0.25) is 0 Å². The Bertz CT molecular complexity index is 527. The van der Waals surface area contributed by atoms with Crippen LogP contribution >= 0.6 is 0 Å². The van der Waals surface area contributed by atoms with Gasteiger partial charge in [0.1, 0.15) is 5.82 Å². The molecular formula is C14H18FN3O. The largest absolute Gasteiger partial charge is 0.424 e. The van der Waals surface area contributed by atoms with Gasteiger partial charge in [-0.25, -0.2) is 4.39 Å². The van der Waals surface area contributed by atoms with Crippen LogP contribution in [0, 0.1) is 5.82 Å². The van der Waals surface area contributed by atoms with Gasteiger partial charge >= 0.3 is 0 Å². The average molecular weight is 263 g/mol. The second kappa shape index (κ2) is 6.43. The van der Waals surface area contributed by atoms with Gasteiger partial charge in [0.2, 0.25) is 11.8 Å². The van der Waals surface area contributed by atoms with Gasteiger partial charge in [-0.05, 0) is 24.2 Å². The Morgan fingerprint density at radius 1 is 1.16 bits per heavy atom. The van der Waals surface area contributed by atoms with Crippen molar-refractivity contribution in [3.8, 4) is 0 Å². The quantitative estimate of drug-likeness (QED) is 0.803. The molecule has 2 rings (SSSR count). The summed E-state index contributed by atoms with van der Waals surface area (Å²) in [6.45, 7) is 6.11. The standard InChI is InChI=1S/C14H18FN3O/c1-3-13-16-17-14(19-13)10-18(4-2)9-11-6-5-7-12(15)8-11/h5-8H,3-4,9-10H2,1-2H3. The molecule has 0 saturated carbocycles. The molecule has 19 heavy (non-hydrogen) atoms. The van der Waals surface area contributed by atoms with Crippen molar-refractivity contribution in [3.05, 3.63) is 47.4 Å². The Labute approximate surface area is 112 Å². The van der Waals surface area contributed by atoms with Gasteiger partial charge in [0.15, 0.2) is 0 Å². The summed E-state index contributed by atoms with van der Waals surface area (Å²) in [6.07, 6.45) is 0.739. The lowest BCUT2D eigenvalue weighted by Crippen LogP contribution is -2.22. The summed E-state index contributed by atoms with van der Waals surface area (Å²) < 4.78 is 18.6. The summed E-state index contributed by atoms with van der Waals surface area (Å²) in [7, 11) is 0. The Morgan fingerprint density at radius 3 is 2.58 bits per heavy atom. The van der Waals surface area contributed by atoms with E-state index in [4.69, 9.17) is 4.42 Å². The van der Waals surface area contributed by atoms with Crippen molar-refractivity contribution in [1.82, 2.24) is 15.1 Å². The van der Waals surface area contributed by atoms with Crippen molar-refractivity contribution >= 4 is 0 Å². The Hall–Kier alpha value is -1.75. The Kier molecular flexibility index (Phi) is 4.63. The van der Waals surface area contributed by atoms with Gasteiger partial charge in [0, 0.05) is 13.0 Å². The zero-order valence-electron chi connectivity index (χ0n) is 11.3. The molecule has 102 valence electrons. The minimum atomic E-state index is -0.209. The van der Waals surface area contributed by atoms with Gasteiger partial charge in [-0.3, -0.25) is 4.90 Å². The predicted octanol–water partition coefficient (Wildman–Crippen LogP) is 2.79. The summed E-state index contributed by atoms with van der Waals surface area (Å²) in [4.78, 5) is 2.13. The highest BCUT2D eigenvalue weighted by atomic mass is 19.1. The van der Waals surface area contributed by atoms with Crippen molar-refractivity contribution in [1.29, 1.82) is 0 Å². The van der Waals surface area contributed by atoms with Crippen molar-refractivity contribution in [2.24, 2.45) is 0 Å². The van der Waals surface area contributed by atoms with Gasteiger partial charge in [-0.15, -0.1) is 10.2 Å². The Balaban J connectivity index is 2.00. The summed E-state index contributed by atoms with van der Waals surface area (Å²) in [5.41, 5.74) is 0.942. The first kappa shape index (κ1) is 13.7. The van der Waals surface area contributed by atoms with Crippen LogP contribution in [-0.2, 0) is 19.5 Å². The molecule has 2 aromatic rings. The third-order valence-electron chi connectivity index (χ3n) is 2.91. The molecule has 0 atom stereocenters. The smallest absolute Gasteiger partial charge is 0.230 e. The average Bonchev–Trinajstić information content (AvgIpc) is 2.85. The van der Waals surface area contributed by atoms with Gasteiger partial charge in [0.05, 0.1) is 6.54 Å². The molecule has 1 aromatic carbocycles. The lowest BCUT2D eigenvalue weighted by atomic mass is 10.2. The van der Waals surface area contributed by atoms with Crippen molar-refractivity contribution in [2.45, 2.75) is 33.4 Å². The van der Waals surface area contributed by atoms with Gasteiger partial charge in [-0.1, -0.05) is 26.0 Å². The van der Waals surface area contributed by atoms with E-state index in [0.717, 1.165) is 18.5 Å². The minimum Gasteiger partial charge on any atom is -0.424 e. The number of hydrogen-bond acceptors (Lipinski definition) is 4. The summed E-state index contributed by atoms with van der Waals surface area (Å²) >= 11 is 0. The molecule has 0 saturated heterocycles. The van der Waals surface area contributed by atoms with E-state index in [0.29, 0.717) is 24.9 Å². The van der Waals surface area contributed by atoms with E-state index in [9.17, 15) is 4.39 Å². The first-order chi connectivity index (χ1) is 9.21. The van der Waals surface area contributed by atoms with Crippen LogP contribution < -0.4 is 0 Å². The summed E-state index contributed by atoms with van der Waals surface area (Å²) in [5, 5.41) is 7.94. The molecule has 0 amide bonds. The molecule has 0 aliphatic heterocycles. The molecule has 0 unspecified atom stereocenters. The fourth-order valence-electron chi connectivity index (χ4n) is 1.86. The third-order valence-corrected chi connectivity index (χ3v) is 2.91. The molecule has 5 heteroatoms. The molecule has 0 bridgehead atoms. The van der Waals surface area contributed by atoms with Crippen LogP contribution in [0.5, 0.6) is 0 Å². The fraction of sp³-hybridized carbons (Fsp3) is 0.429. The molecule has 4 nitrogen and oxygen atoms in total. The number of hydrogen-bond donors (Lipinski definition) is 0. The SMILES string of the molecule is CCc1nnc(CN(CC)Cc2cccc(F)c2)o1. The maximum Gasteiger partial charge on any atom is 0.230 e. The normalized spacial score (nSPS) is 11.2. The van der Waals surface area contributed by atoms with E-state index in [-0.39, 0.29) is 5.82 Å². The van der Waals surface area contributed by atoms with E-state index >= 15 is 0 Å². The van der Waals surface area contributed by atoms with Gasteiger partial charge < -0.3 is 4.42 Å². The highest BCUT2D eigenvalue weighted by molar-refractivity contribution is 5.16. The maximum atomic E-state index is 13.1. The zero-order valence-corrected chi connectivity index (χ0v) is 11.3. The predicted molar refractivity (Wildman–Crippen MR) is 69.9 cm³/mol. The van der Waals surface area contributed by atoms with Gasteiger partial charge in [0.25, 0.3) is 0 Å². The first-order valence-corrected chi connectivity index (χ1v) is 6.49. The number of rotatable bonds is 6. The van der Waals surface area contributed by atoms with Crippen LogP contribution in [-0.4, -0.2) is 21.6 Å². The molecule has 1 heterocycles. The molecule has 0 N–H and O–H groups in total. The molecule has 0 fully saturated rings. The highest BCUT2D eigenvalue weighted by Crippen LogP contribution is 2.10. The topological polar surface area (TPSA) is 42.2 Å². The van der Waals surface area contributed by atoms with Crippen molar-refractivity contribution in [2.75, 3.05) is 6.54 Å². The maximum absolute atomic E-state index is 13.1. The number of halogens is 1. The molecule has 0 radical (unpaired) electrons. The molecule has 0 aliphatic rings. The molecular weight excluding hydrogens is 245 g/mol. The van der Waals surface area contributed by atoms with E-state index in [1.54, 1.807) is 12.1 Å². The number of benzene rings is 1. The fourth-order valence-corrected chi connectivity index (χ4v) is 1.86. The van der Waals surface area contributed by atoms with E-state index < -0.39 is 0 Å². The molecule has 0 spiro atoms. The highest BCUT2D eigenvalue weighted by Gasteiger charge is 2.10. The monoisotopic (exact) mass is 263 g/mol. The van der Waals surface area contributed by atoms with Crippen LogP contribution in [0.25, 0.3) is 0 Å². The van der Waals surface area contributed by atoms with Crippen LogP contribution in [0.4, 0.5) is 4.39 Å². The second-order valence-electron chi connectivity index (χ2n) is 4.38. The van der Waals surface area contributed by atoms with E-state index in [1.807, 2.05) is 13.0 Å². The summed E-state index contributed by atoms with van der Waals surface area (Å²) in [5.74, 6) is 1.05. The third kappa shape index (κ3) is 3.86. The lowest BCUT2D eigenvalue weighted by Gasteiger charge is -2.18. The number of nitrogens with zero attached hydrogens (tertiary/aromatic N) is 3. The van der Waals surface area contributed by atoms with E-state index in [2.05, 4.69) is 22.0 Å². The molecule has 1 aromatic heterocycles. The Morgan fingerprint density at radius 2 is 1.95 bits per heavy atom. The van der Waals surface area contributed by atoms with Crippen LogP contribution in [0.3, 0.4) is 0 Å². The van der Waals surface area contributed by atoms with Crippen LogP contribution in [0.1, 0.15) is 31.2 Å². The minimum absolute atomic E-state index is 0.209. The number of aromatic nitrogens is 2. The summed E-state index contributed by atoms with van der Waals surface area (Å²) in [6, 6.07) is 6.64. The van der Waals surface area contributed by atoms with E-state index in [1.165, 1.54) is 6.07 Å².